The molecule has 3 N–H and O–H groups in total. The number of benzene rings is 1. The Morgan fingerprint density at radius 3 is 3.11 bits per heavy atom. The molecule has 1 rings (SSSR count). The quantitative estimate of drug-likeness (QED) is 0.466. The van der Waals surface area contributed by atoms with Gasteiger partial charge >= 0.3 is 0 Å². The predicted octanol–water partition coefficient (Wildman–Crippen LogP) is 1.63. The van der Waals surface area contributed by atoms with E-state index in [2.05, 4.69) is 5.43 Å². The molecule has 9 heavy (non-hydrogen) atoms. The Morgan fingerprint density at radius 2 is 2.44 bits per heavy atom. The van der Waals surface area contributed by atoms with Gasteiger partial charge in [0.25, 0.3) is 0 Å². The molecule has 0 saturated heterocycles. The number of hydrogen-bond acceptors (Lipinski definition) is 2. The number of anilines is 1. The van der Waals surface area contributed by atoms with Gasteiger partial charge in [-0.15, -0.1) is 0 Å². The van der Waals surface area contributed by atoms with Crippen molar-refractivity contribution in [2.45, 2.75) is 0 Å². The molecule has 0 bridgehead atoms. The van der Waals surface area contributed by atoms with Gasteiger partial charge in [-0.05, 0) is 18.1 Å². The lowest BCUT2D eigenvalue weighted by Gasteiger charge is -1.96. The number of rotatable bonds is 1. The van der Waals surface area contributed by atoms with Crippen molar-refractivity contribution in [3.8, 4) is 0 Å². The highest BCUT2D eigenvalue weighted by molar-refractivity contribution is 6.30. The van der Waals surface area contributed by atoms with E-state index in [4.69, 9.17) is 21.6 Å². The molecule has 48 valence electrons. The van der Waals surface area contributed by atoms with Crippen LogP contribution in [0.4, 0.5) is 5.69 Å². The molecule has 0 aliphatic rings. The molecule has 0 heterocycles. The van der Waals surface area contributed by atoms with Gasteiger partial charge in [-0.25, -0.2) is 0 Å². The molecule has 0 fully saturated rings. The van der Waals surface area contributed by atoms with E-state index in [9.17, 15) is 0 Å². The van der Waals surface area contributed by atoms with E-state index in [1.54, 1.807) is 0 Å². The molecule has 3 heteroatoms. The van der Waals surface area contributed by atoms with Gasteiger partial charge in [-0.3, -0.25) is 5.84 Å². The number of hydrazine groups is 1. The third-order valence-corrected chi connectivity index (χ3v) is 0.998. The highest BCUT2D eigenvalue weighted by Gasteiger charge is 1.87. The number of nitrogen functional groups attached to an aromatic ring is 1. The molecule has 0 radical (unpaired) electrons. The fourth-order valence-corrected chi connectivity index (χ4v) is 0.580. The molecule has 1 aromatic rings. The average molecular weight is 146 g/mol. The third-order valence-electron chi connectivity index (χ3n) is 0.794. The number of nitrogens with one attached hydrogen (secondary N) is 1. The summed E-state index contributed by atoms with van der Waals surface area (Å²) in [6.45, 7) is 0. The van der Waals surface area contributed by atoms with E-state index in [1.807, 2.05) is 0 Å². The maximum atomic E-state index is 7.36. The van der Waals surface area contributed by atoms with Crippen LogP contribution in [0.25, 0.3) is 0 Å². The van der Waals surface area contributed by atoms with Crippen LogP contribution in [0.2, 0.25) is 5.02 Å². The molecule has 0 amide bonds. The molecule has 1 aromatic carbocycles. The lowest BCUT2D eigenvalue weighted by Crippen LogP contribution is -2.05. The fraction of sp³-hybridized carbons (Fsp3) is 0. The Morgan fingerprint density at radius 1 is 1.67 bits per heavy atom. The topological polar surface area (TPSA) is 38.0 Å². The van der Waals surface area contributed by atoms with Gasteiger partial charge in [0, 0.05) is 10.7 Å². The molecular weight excluding hydrogens is 136 g/mol. The summed E-state index contributed by atoms with van der Waals surface area (Å²) in [5, 5.41) is -0.000972. The largest absolute Gasteiger partial charge is 0.324 e. The predicted molar refractivity (Wildman–Crippen MR) is 39.3 cm³/mol. The van der Waals surface area contributed by atoms with Crippen molar-refractivity contribution in [2.75, 3.05) is 5.43 Å². The van der Waals surface area contributed by atoms with Crippen molar-refractivity contribution >= 4 is 17.3 Å². The SMILES string of the molecule is [2H]c1cc([2H])c(NN)c([2H])c1Cl. The lowest BCUT2D eigenvalue weighted by molar-refractivity contribution is 1.35. The smallest absolute Gasteiger partial charge is 0.0661 e. The van der Waals surface area contributed by atoms with Crippen LogP contribution in [0, 0.1) is 0 Å². The van der Waals surface area contributed by atoms with Crippen LogP contribution in [0.3, 0.4) is 0 Å². The summed E-state index contributed by atoms with van der Waals surface area (Å²) >= 11 is 5.58. The van der Waals surface area contributed by atoms with E-state index in [0.717, 1.165) is 0 Å². The van der Waals surface area contributed by atoms with E-state index in [0.29, 0.717) is 0 Å². The summed E-state index contributed by atoms with van der Waals surface area (Å²) in [5.74, 6) is 5.06. The van der Waals surface area contributed by atoms with Gasteiger partial charge in [-0.2, -0.15) is 0 Å². The third kappa shape index (κ3) is 1.59. The van der Waals surface area contributed by atoms with Crippen LogP contribution in [0.5, 0.6) is 0 Å². The summed E-state index contributed by atoms with van der Waals surface area (Å²) in [5.41, 5.74) is 2.32. The van der Waals surface area contributed by atoms with E-state index < -0.39 is 0 Å². The van der Waals surface area contributed by atoms with Crippen LogP contribution in [0.15, 0.2) is 24.2 Å². The summed E-state index contributed by atoms with van der Waals surface area (Å²) in [7, 11) is 0. The summed E-state index contributed by atoms with van der Waals surface area (Å²) < 4.78 is 21.9. The van der Waals surface area contributed by atoms with Crippen molar-refractivity contribution in [1.29, 1.82) is 0 Å². The van der Waals surface area contributed by atoms with Crippen LogP contribution < -0.4 is 11.3 Å². The normalized spacial score (nSPS) is 13.8. The average Bonchev–Trinajstić information content (AvgIpc) is 2.01. The Balaban J connectivity index is 3.40. The minimum Gasteiger partial charge on any atom is -0.324 e. The Labute approximate surface area is 62.8 Å². The molecular formula is C6H7ClN2. The van der Waals surface area contributed by atoms with Crippen molar-refractivity contribution in [1.82, 2.24) is 0 Å². The Bertz CT molecular complexity index is 316. The van der Waals surface area contributed by atoms with E-state index >= 15 is 0 Å². The number of nitrogens with two attached hydrogens (primary N) is 1. The van der Waals surface area contributed by atoms with Crippen LogP contribution >= 0.6 is 11.6 Å². The first-order valence-corrected chi connectivity index (χ1v) is 2.68. The van der Waals surface area contributed by atoms with Crippen LogP contribution in [-0.2, 0) is 0 Å². The van der Waals surface area contributed by atoms with Crippen molar-refractivity contribution in [3.05, 3.63) is 29.2 Å². The summed E-state index contributed by atoms with van der Waals surface area (Å²) in [6.07, 6.45) is 0. The minimum absolute atomic E-state index is 0.000972. The van der Waals surface area contributed by atoms with Crippen molar-refractivity contribution < 1.29 is 4.11 Å². The van der Waals surface area contributed by atoms with Gasteiger partial charge in [0.15, 0.2) is 0 Å². The van der Waals surface area contributed by atoms with E-state index in [1.165, 1.54) is 6.07 Å². The maximum Gasteiger partial charge on any atom is 0.0661 e. The molecule has 0 aliphatic heterocycles. The second-order valence-corrected chi connectivity index (χ2v) is 1.77. The monoisotopic (exact) mass is 145 g/mol. The Kier molecular flexibility index (Phi) is 1.04. The molecule has 0 aliphatic carbocycles. The second kappa shape index (κ2) is 2.71. The van der Waals surface area contributed by atoms with Gasteiger partial charge < -0.3 is 5.43 Å². The maximum absolute atomic E-state index is 7.36. The molecule has 0 saturated carbocycles. The fourth-order valence-electron chi connectivity index (χ4n) is 0.431. The van der Waals surface area contributed by atoms with Gasteiger partial charge in [0.2, 0.25) is 0 Å². The zero-order valence-corrected chi connectivity index (χ0v) is 5.29. The molecule has 0 atom stereocenters. The standard InChI is InChI=1S/C6H7ClN2/c7-5-2-1-3-6(4-5)9-8/h1-4,9H,8H2/i2D,3D,4D. The summed E-state index contributed by atoms with van der Waals surface area (Å²) in [4.78, 5) is 0. The first-order chi connectivity index (χ1) is 5.57. The van der Waals surface area contributed by atoms with Gasteiger partial charge in [0.05, 0.1) is 4.11 Å². The highest BCUT2D eigenvalue weighted by atomic mass is 35.5. The first-order valence-electron chi connectivity index (χ1n) is 3.81. The molecule has 0 aromatic heterocycles. The summed E-state index contributed by atoms with van der Waals surface area (Å²) in [6, 6.07) is 1.08. The van der Waals surface area contributed by atoms with Crippen molar-refractivity contribution in [3.63, 3.8) is 0 Å². The second-order valence-electron chi connectivity index (χ2n) is 1.39. The lowest BCUT2D eigenvalue weighted by atomic mass is 10.3. The molecule has 2 nitrogen and oxygen atoms in total. The highest BCUT2D eigenvalue weighted by Crippen LogP contribution is 2.12. The van der Waals surface area contributed by atoms with Gasteiger partial charge in [-0.1, -0.05) is 17.7 Å². The zero-order chi connectivity index (χ0) is 9.30. The molecule has 0 spiro atoms. The number of hydrogen-bond donors (Lipinski definition) is 2. The van der Waals surface area contributed by atoms with Crippen LogP contribution in [0.1, 0.15) is 4.11 Å². The first kappa shape index (κ1) is 3.44. The van der Waals surface area contributed by atoms with Gasteiger partial charge in [0.1, 0.15) is 0 Å². The van der Waals surface area contributed by atoms with E-state index in [-0.39, 0.29) is 28.8 Å². The number of halogens is 1. The molecule has 0 unspecified atom stereocenters. The van der Waals surface area contributed by atoms with Crippen molar-refractivity contribution in [2.24, 2.45) is 5.84 Å². The minimum atomic E-state index is -0.114. The zero-order valence-electron chi connectivity index (χ0n) is 7.53. The van der Waals surface area contributed by atoms with Crippen LogP contribution in [-0.4, -0.2) is 0 Å². The Hall–Kier alpha value is -0.730.